The maximum Gasteiger partial charge on any atom is 0.226 e. The fraction of sp³-hybridized carbons (Fsp3) is 0.577. The third-order valence-electron chi connectivity index (χ3n) is 7.24. The van der Waals surface area contributed by atoms with Crippen LogP contribution in [-0.2, 0) is 22.7 Å². The number of likely N-dealkylation sites (N-methyl/N-ethyl adjacent to an activating group) is 1. The van der Waals surface area contributed by atoms with Gasteiger partial charge in [0.1, 0.15) is 0 Å². The third kappa shape index (κ3) is 5.46. The number of nitrogens with zero attached hydrogens (tertiary/aromatic N) is 5. The van der Waals surface area contributed by atoms with Gasteiger partial charge in [0.15, 0.2) is 0 Å². The second-order valence-electron chi connectivity index (χ2n) is 9.21. The van der Waals surface area contributed by atoms with E-state index in [1.807, 2.05) is 45.7 Å². The topological polar surface area (TPSA) is 61.7 Å². The Labute approximate surface area is 197 Å². The molecule has 0 spiro atoms. The van der Waals surface area contributed by atoms with Crippen molar-refractivity contribution in [1.29, 1.82) is 0 Å². The Kier molecular flexibility index (Phi) is 7.81. The minimum atomic E-state index is 0.148. The van der Waals surface area contributed by atoms with E-state index in [1.54, 1.807) is 12.5 Å². The number of anilines is 1. The van der Waals surface area contributed by atoms with Gasteiger partial charge in [-0.15, -0.1) is 0 Å². The van der Waals surface area contributed by atoms with Crippen molar-refractivity contribution in [2.75, 3.05) is 24.5 Å². The molecule has 0 radical (unpaired) electrons. The molecule has 0 aliphatic carbocycles. The number of benzene rings is 1. The molecule has 33 heavy (non-hydrogen) atoms. The summed E-state index contributed by atoms with van der Waals surface area (Å²) in [5.74, 6) is 0.305. The normalized spacial score (nSPS) is 21.9. The zero-order chi connectivity index (χ0) is 23.2. The number of aryl methyl sites for hydroxylation is 1. The smallest absolute Gasteiger partial charge is 0.226 e. The molecular weight excluding hydrogens is 414 g/mol. The van der Waals surface area contributed by atoms with E-state index in [4.69, 9.17) is 0 Å². The molecule has 4 rings (SSSR count). The molecule has 1 fully saturated rings. The van der Waals surface area contributed by atoms with Crippen molar-refractivity contribution in [3.05, 3.63) is 48.5 Å². The van der Waals surface area contributed by atoms with E-state index < -0.39 is 0 Å². The van der Waals surface area contributed by atoms with Gasteiger partial charge in [0.05, 0.1) is 6.33 Å². The number of para-hydroxylation sites is 1. The molecule has 7 nitrogen and oxygen atoms in total. The predicted molar refractivity (Wildman–Crippen MR) is 130 cm³/mol. The summed E-state index contributed by atoms with van der Waals surface area (Å²) in [6.07, 6.45) is 10.8. The molecule has 2 aliphatic heterocycles. The van der Waals surface area contributed by atoms with Crippen LogP contribution in [0.2, 0.25) is 0 Å². The predicted octanol–water partition coefficient (Wildman–Crippen LogP) is 3.69. The first-order valence-corrected chi connectivity index (χ1v) is 12.5. The van der Waals surface area contributed by atoms with Crippen LogP contribution >= 0.6 is 0 Å². The van der Waals surface area contributed by atoms with Gasteiger partial charge in [-0.2, -0.15) is 0 Å². The first-order valence-electron chi connectivity index (χ1n) is 12.5. The molecule has 7 heteroatoms. The van der Waals surface area contributed by atoms with Crippen molar-refractivity contribution < 1.29 is 9.59 Å². The molecule has 1 saturated heterocycles. The highest BCUT2D eigenvalue weighted by molar-refractivity contribution is 5.94. The number of rotatable bonds is 5. The molecule has 2 unspecified atom stereocenters. The summed E-state index contributed by atoms with van der Waals surface area (Å²) in [5, 5.41) is 0. The number of hydrogen-bond acceptors (Lipinski definition) is 4. The number of carbonyl (C=O) groups is 2. The van der Waals surface area contributed by atoms with Crippen LogP contribution in [0, 0.1) is 0 Å². The fourth-order valence-corrected chi connectivity index (χ4v) is 5.51. The Balaban J connectivity index is 1.66. The summed E-state index contributed by atoms with van der Waals surface area (Å²) in [6, 6.07) is 8.94. The number of carbonyl (C=O) groups excluding carboxylic acids is 2. The van der Waals surface area contributed by atoms with Gasteiger partial charge in [0.2, 0.25) is 11.8 Å². The Bertz CT molecular complexity index is 929. The summed E-state index contributed by atoms with van der Waals surface area (Å²) in [7, 11) is 0. The summed E-state index contributed by atoms with van der Waals surface area (Å²) < 4.78 is 1.95. The van der Waals surface area contributed by atoms with Gasteiger partial charge in [0.25, 0.3) is 0 Å². The van der Waals surface area contributed by atoms with Gasteiger partial charge in [0, 0.05) is 69.2 Å². The first-order chi connectivity index (χ1) is 16.1. The maximum atomic E-state index is 13.5. The monoisotopic (exact) mass is 451 g/mol. The molecule has 2 bridgehead atoms. The summed E-state index contributed by atoms with van der Waals surface area (Å²) >= 11 is 0. The van der Waals surface area contributed by atoms with E-state index in [0.717, 1.165) is 50.1 Å². The summed E-state index contributed by atoms with van der Waals surface area (Å²) in [6.45, 7) is 7.75. The standard InChI is InChI=1S/C26H37N5O2/c1-3-25(32)31-16-12-22-9-7-10-23(30(22)4-2)19-29(18-21-8-5-6-11-24(21)31)26(33)13-15-28-17-14-27-20-28/h5-6,8,11,14,17,20,22-23H,3-4,7,9-10,12-13,15-16,18-19H2,1-2H3. The second kappa shape index (κ2) is 11.0. The molecule has 3 heterocycles. The molecule has 0 saturated carbocycles. The number of hydrogen-bond donors (Lipinski definition) is 0. The second-order valence-corrected chi connectivity index (χ2v) is 9.21. The van der Waals surface area contributed by atoms with Crippen LogP contribution in [0.15, 0.2) is 43.0 Å². The van der Waals surface area contributed by atoms with E-state index in [2.05, 4.69) is 22.9 Å². The summed E-state index contributed by atoms with van der Waals surface area (Å²) in [4.78, 5) is 37.1. The van der Waals surface area contributed by atoms with Crippen molar-refractivity contribution in [1.82, 2.24) is 19.4 Å². The quantitative estimate of drug-likeness (QED) is 0.696. The van der Waals surface area contributed by atoms with Gasteiger partial charge in [-0.3, -0.25) is 14.5 Å². The highest BCUT2D eigenvalue weighted by Crippen LogP contribution is 2.30. The lowest BCUT2D eigenvalue weighted by Crippen LogP contribution is -2.52. The van der Waals surface area contributed by atoms with Gasteiger partial charge >= 0.3 is 0 Å². The number of aromatic nitrogens is 2. The molecule has 2 atom stereocenters. The lowest BCUT2D eigenvalue weighted by molar-refractivity contribution is -0.133. The Morgan fingerprint density at radius 3 is 2.64 bits per heavy atom. The van der Waals surface area contributed by atoms with Gasteiger partial charge in [-0.05, 0) is 37.4 Å². The largest absolute Gasteiger partial charge is 0.337 e. The van der Waals surface area contributed by atoms with Crippen molar-refractivity contribution in [3.63, 3.8) is 0 Å². The van der Waals surface area contributed by atoms with Crippen LogP contribution in [0.4, 0.5) is 5.69 Å². The van der Waals surface area contributed by atoms with E-state index >= 15 is 0 Å². The third-order valence-corrected chi connectivity index (χ3v) is 7.24. The Morgan fingerprint density at radius 2 is 1.88 bits per heavy atom. The molecule has 1 aromatic carbocycles. The van der Waals surface area contributed by atoms with Gasteiger partial charge in [-0.25, -0.2) is 4.98 Å². The highest BCUT2D eigenvalue weighted by atomic mass is 16.2. The average molecular weight is 452 g/mol. The van der Waals surface area contributed by atoms with Crippen molar-refractivity contribution in [2.24, 2.45) is 0 Å². The lowest BCUT2D eigenvalue weighted by atomic mass is 9.93. The molecule has 178 valence electrons. The molecule has 1 aromatic heterocycles. The van der Waals surface area contributed by atoms with E-state index in [9.17, 15) is 9.59 Å². The zero-order valence-corrected chi connectivity index (χ0v) is 20.0. The number of fused-ring (bicyclic) bond motifs is 3. The Morgan fingerprint density at radius 1 is 1.06 bits per heavy atom. The SMILES string of the molecule is CCC(=O)N1CCC2CCCC(CN(C(=O)CCn3ccnc3)Cc3ccccc31)N2CC. The minimum Gasteiger partial charge on any atom is -0.337 e. The maximum absolute atomic E-state index is 13.5. The van der Waals surface area contributed by atoms with Crippen molar-refractivity contribution >= 4 is 17.5 Å². The van der Waals surface area contributed by atoms with Gasteiger partial charge in [-0.1, -0.05) is 38.5 Å². The molecular formula is C26H37N5O2. The zero-order valence-electron chi connectivity index (χ0n) is 20.0. The van der Waals surface area contributed by atoms with Crippen molar-refractivity contribution in [3.8, 4) is 0 Å². The van der Waals surface area contributed by atoms with Crippen LogP contribution in [0.25, 0.3) is 0 Å². The molecule has 2 aliphatic rings. The van der Waals surface area contributed by atoms with E-state index in [1.165, 1.54) is 6.42 Å². The van der Waals surface area contributed by atoms with Crippen molar-refractivity contribution in [2.45, 2.75) is 77.5 Å². The average Bonchev–Trinajstić information content (AvgIpc) is 3.36. The molecule has 2 aromatic rings. The van der Waals surface area contributed by atoms with Crippen LogP contribution in [0.1, 0.15) is 57.9 Å². The molecule has 2 amide bonds. The van der Waals surface area contributed by atoms with E-state index in [-0.39, 0.29) is 11.8 Å². The van der Waals surface area contributed by atoms with Crippen LogP contribution in [0.3, 0.4) is 0 Å². The van der Waals surface area contributed by atoms with Gasteiger partial charge < -0.3 is 14.4 Å². The molecule has 0 N–H and O–H groups in total. The number of piperidine rings is 1. The van der Waals surface area contributed by atoms with Crippen LogP contribution in [0.5, 0.6) is 0 Å². The van der Waals surface area contributed by atoms with E-state index in [0.29, 0.717) is 38.0 Å². The highest BCUT2D eigenvalue weighted by Gasteiger charge is 2.33. The fourth-order valence-electron chi connectivity index (χ4n) is 5.51. The van der Waals surface area contributed by atoms with Crippen LogP contribution < -0.4 is 4.90 Å². The lowest BCUT2D eigenvalue weighted by Gasteiger charge is -2.43. The Hall–Kier alpha value is -2.67. The number of imidazole rings is 1. The summed E-state index contributed by atoms with van der Waals surface area (Å²) in [5.41, 5.74) is 2.01. The minimum absolute atomic E-state index is 0.148. The first kappa shape index (κ1) is 23.5. The van der Waals surface area contributed by atoms with Crippen LogP contribution in [-0.4, -0.2) is 62.9 Å². The number of amides is 2.